The van der Waals surface area contributed by atoms with Gasteiger partial charge in [0, 0.05) is 30.7 Å². The monoisotopic (exact) mass is 318 g/mol. The Balaban J connectivity index is 1.70. The Kier molecular flexibility index (Phi) is 6.49. The number of benzene rings is 1. The van der Waals surface area contributed by atoms with Gasteiger partial charge in [-0.3, -0.25) is 4.90 Å². The summed E-state index contributed by atoms with van der Waals surface area (Å²) in [5, 5.41) is 3.83. The number of hydrogen-bond acceptors (Lipinski definition) is 3. The topological polar surface area (TPSA) is 24.5 Å². The fraction of sp³-hybridized carbons (Fsp3) is 0.700. The number of methoxy groups -OCH3 is 1. The van der Waals surface area contributed by atoms with Crippen LogP contribution in [-0.4, -0.2) is 42.7 Å². The Hall–Kier alpha value is -1.06. The van der Waals surface area contributed by atoms with Crippen LogP contribution in [0.1, 0.15) is 52.5 Å². The summed E-state index contributed by atoms with van der Waals surface area (Å²) in [5.74, 6) is 0.936. The van der Waals surface area contributed by atoms with Crippen LogP contribution in [0.5, 0.6) is 5.75 Å². The summed E-state index contributed by atoms with van der Waals surface area (Å²) in [6.07, 6.45) is 4.85. The number of piperidine rings is 1. The normalized spacial score (nSPS) is 18.8. The fourth-order valence-corrected chi connectivity index (χ4v) is 3.38. The lowest BCUT2D eigenvalue weighted by molar-refractivity contribution is 0.0940. The molecular weight excluding hydrogens is 284 g/mol. The van der Waals surface area contributed by atoms with Crippen LogP contribution in [-0.2, 0) is 6.42 Å². The SMILES string of the molecule is COc1ccc(CCC(C)NC2CCN(C(C)(C)C)CC2)cc1. The van der Waals surface area contributed by atoms with Crippen molar-refractivity contribution in [1.82, 2.24) is 10.2 Å². The molecule has 1 fully saturated rings. The van der Waals surface area contributed by atoms with Gasteiger partial charge in [-0.05, 0) is 71.1 Å². The van der Waals surface area contributed by atoms with E-state index in [1.807, 2.05) is 0 Å². The Morgan fingerprint density at radius 2 is 1.78 bits per heavy atom. The maximum atomic E-state index is 5.21. The van der Waals surface area contributed by atoms with Crippen molar-refractivity contribution in [2.24, 2.45) is 0 Å². The van der Waals surface area contributed by atoms with E-state index in [2.05, 4.69) is 62.2 Å². The molecule has 130 valence electrons. The first-order chi connectivity index (χ1) is 10.9. The van der Waals surface area contributed by atoms with E-state index in [0.29, 0.717) is 17.6 Å². The molecule has 23 heavy (non-hydrogen) atoms. The molecule has 1 aromatic rings. The van der Waals surface area contributed by atoms with E-state index in [1.54, 1.807) is 7.11 Å². The van der Waals surface area contributed by atoms with Gasteiger partial charge in [-0.25, -0.2) is 0 Å². The van der Waals surface area contributed by atoms with Crippen LogP contribution in [0.15, 0.2) is 24.3 Å². The van der Waals surface area contributed by atoms with Gasteiger partial charge in [-0.15, -0.1) is 0 Å². The second-order valence-electron chi connectivity index (χ2n) is 7.89. The molecule has 1 aliphatic rings. The molecule has 1 atom stereocenters. The van der Waals surface area contributed by atoms with Gasteiger partial charge in [-0.1, -0.05) is 12.1 Å². The summed E-state index contributed by atoms with van der Waals surface area (Å²) in [6, 6.07) is 9.70. The first-order valence-electron chi connectivity index (χ1n) is 9.02. The molecule has 1 N–H and O–H groups in total. The van der Waals surface area contributed by atoms with Gasteiger partial charge >= 0.3 is 0 Å². The van der Waals surface area contributed by atoms with Crippen molar-refractivity contribution in [3.05, 3.63) is 29.8 Å². The average Bonchev–Trinajstić information content (AvgIpc) is 2.53. The molecule has 1 aromatic carbocycles. The molecule has 1 unspecified atom stereocenters. The van der Waals surface area contributed by atoms with Crippen LogP contribution in [0.2, 0.25) is 0 Å². The third-order valence-corrected chi connectivity index (χ3v) is 4.99. The average molecular weight is 319 g/mol. The zero-order chi connectivity index (χ0) is 16.9. The maximum Gasteiger partial charge on any atom is 0.118 e. The summed E-state index contributed by atoms with van der Waals surface area (Å²) in [7, 11) is 1.71. The fourth-order valence-electron chi connectivity index (χ4n) is 3.38. The van der Waals surface area contributed by atoms with Crippen molar-refractivity contribution in [2.75, 3.05) is 20.2 Å². The molecule has 0 aliphatic carbocycles. The molecule has 0 spiro atoms. The predicted octanol–water partition coefficient (Wildman–Crippen LogP) is 3.87. The van der Waals surface area contributed by atoms with Crippen LogP contribution in [0.25, 0.3) is 0 Å². The number of nitrogens with one attached hydrogen (secondary N) is 1. The molecule has 0 saturated carbocycles. The van der Waals surface area contributed by atoms with Crippen molar-refractivity contribution in [2.45, 2.75) is 71.0 Å². The highest BCUT2D eigenvalue weighted by Gasteiger charge is 2.27. The zero-order valence-electron chi connectivity index (χ0n) is 15.6. The van der Waals surface area contributed by atoms with Crippen LogP contribution < -0.4 is 10.1 Å². The first-order valence-corrected chi connectivity index (χ1v) is 9.02. The summed E-state index contributed by atoms with van der Waals surface area (Å²) in [5.41, 5.74) is 1.70. The molecular formula is C20H34N2O. The van der Waals surface area contributed by atoms with Gasteiger partial charge in [-0.2, -0.15) is 0 Å². The molecule has 1 heterocycles. The lowest BCUT2D eigenvalue weighted by Crippen LogP contribution is -2.51. The molecule has 3 nitrogen and oxygen atoms in total. The van der Waals surface area contributed by atoms with Crippen molar-refractivity contribution in [1.29, 1.82) is 0 Å². The van der Waals surface area contributed by atoms with E-state index >= 15 is 0 Å². The Morgan fingerprint density at radius 3 is 2.30 bits per heavy atom. The zero-order valence-corrected chi connectivity index (χ0v) is 15.6. The standard InChI is InChI=1S/C20H34N2O/c1-16(6-7-17-8-10-19(23-5)11-9-17)21-18-12-14-22(15-13-18)20(2,3)4/h8-11,16,18,21H,6-7,12-15H2,1-5H3. The van der Waals surface area contributed by atoms with Crippen LogP contribution in [0.4, 0.5) is 0 Å². The van der Waals surface area contributed by atoms with E-state index < -0.39 is 0 Å². The third-order valence-electron chi connectivity index (χ3n) is 4.99. The second-order valence-corrected chi connectivity index (χ2v) is 7.89. The number of aryl methyl sites for hydroxylation is 1. The lowest BCUT2D eigenvalue weighted by Gasteiger charge is -2.41. The minimum absolute atomic E-state index is 0.310. The van der Waals surface area contributed by atoms with Crippen LogP contribution in [0.3, 0.4) is 0 Å². The van der Waals surface area contributed by atoms with Gasteiger partial charge in [0.15, 0.2) is 0 Å². The van der Waals surface area contributed by atoms with Gasteiger partial charge < -0.3 is 10.1 Å². The Labute approximate surface area is 142 Å². The molecule has 1 aliphatic heterocycles. The van der Waals surface area contributed by atoms with Crippen molar-refractivity contribution >= 4 is 0 Å². The summed E-state index contributed by atoms with van der Waals surface area (Å²) < 4.78 is 5.21. The smallest absolute Gasteiger partial charge is 0.118 e. The Morgan fingerprint density at radius 1 is 1.17 bits per heavy atom. The summed E-state index contributed by atoms with van der Waals surface area (Å²) in [6.45, 7) is 11.7. The molecule has 0 bridgehead atoms. The van der Waals surface area contributed by atoms with E-state index in [-0.39, 0.29) is 0 Å². The molecule has 0 radical (unpaired) electrons. The van der Waals surface area contributed by atoms with E-state index in [9.17, 15) is 0 Å². The van der Waals surface area contributed by atoms with Crippen molar-refractivity contribution < 1.29 is 4.74 Å². The maximum absolute atomic E-state index is 5.21. The van der Waals surface area contributed by atoms with Gasteiger partial charge in [0.1, 0.15) is 5.75 Å². The first kappa shape index (κ1) is 18.3. The van der Waals surface area contributed by atoms with Gasteiger partial charge in [0.2, 0.25) is 0 Å². The number of rotatable bonds is 6. The lowest BCUT2D eigenvalue weighted by atomic mass is 9.97. The van der Waals surface area contributed by atoms with E-state index in [0.717, 1.165) is 12.2 Å². The minimum atomic E-state index is 0.310. The highest BCUT2D eigenvalue weighted by Crippen LogP contribution is 2.20. The quantitative estimate of drug-likeness (QED) is 0.862. The van der Waals surface area contributed by atoms with Crippen LogP contribution in [0, 0.1) is 0 Å². The summed E-state index contributed by atoms with van der Waals surface area (Å²) in [4.78, 5) is 2.60. The minimum Gasteiger partial charge on any atom is -0.497 e. The van der Waals surface area contributed by atoms with Gasteiger partial charge in [0.05, 0.1) is 7.11 Å². The molecule has 0 amide bonds. The largest absolute Gasteiger partial charge is 0.497 e. The number of ether oxygens (including phenoxy) is 1. The number of nitrogens with zero attached hydrogens (tertiary/aromatic N) is 1. The van der Waals surface area contributed by atoms with E-state index in [4.69, 9.17) is 4.74 Å². The highest BCUT2D eigenvalue weighted by molar-refractivity contribution is 5.27. The number of hydrogen-bond donors (Lipinski definition) is 1. The highest BCUT2D eigenvalue weighted by atomic mass is 16.5. The molecule has 3 heteroatoms. The molecule has 1 saturated heterocycles. The summed E-state index contributed by atoms with van der Waals surface area (Å²) >= 11 is 0. The number of likely N-dealkylation sites (tertiary alicyclic amines) is 1. The van der Waals surface area contributed by atoms with E-state index in [1.165, 1.54) is 37.9 Å². The molecule has 0 aromatic heterocycles. The Bertz CT molecular complexity index is 456. The second kappa shape index (κ2) is 8.16. The van der Waals surface area contributed by atoms with Crippen molar-refractivity contribution in [3.63, 3.8) is 0 Å². The van der Waals surface area contributed by atoms with Crippen LogP contribution >= 0.6 is 0 Å². The molecule has 2 rings (SSSR count). The third kappa shape index (κ3) is 5.82. The van der Waals surface area contributed by atoms with Crippen molar-refractivity contribution in [3.8, 4) is 5.75 Å². The van der Waals surface area contributed by atoms with Gasteiger partial charge in [0.25, 0.3) is 0 Å². The predicted molar refractivity (Wildman–Crippen MR) is 98.3 cm³/mol.